The molecule has 1 fully saturated rings. The first-order chi connectivity index (χ1) is 14.7. The molecule has 0 radical (unpaired) electrons. The van der Waals surface area contributed by atoms with Crippen molar-refractivity contribution in [3.63, 3.8) is 0 Å². The highest BCUT2D eigenvalue weighted by molar-refractivity contribution is 7.80. The van der Waals surface area contributed by atoms with E-state index in [0.29, 0.717) is 16.9 Å². The summed E-state index contributed by atoms with van der Waals surface area (Å²) in [4.78, 5) is 48.5. The smallest absolute Gasteiger partial charge is 0.337 e. The Morgan fingerprint density at radius 1 is 0.935 bits per heavy atom. The van der Waals surface area contributed by atoms with Gasteiger partial charge in [0.15, 0.2) is 5.11 Å². The molecule has 2 amide bonds. The van der Waals surface area contributed by atoms with Crippen molar-refractivity contribution in [3.05, 3.63) is 57.9 Å². The Morgan fingerprint density at radius 2 is 1.45 bits per heavy atom. The van der Waals surface area contributed by atoms with Gasteiger partial charge in [-0.3, -0.25) is 20.2 Å². The lowest BCUT2D eigenvalue weighted by molar-refractivity contribution is -0.123. The van der Waals surface area contributed by atoms with E-state index >= 15 is 0 Å². The van der Waals surface area contributed by atoms with Crippen LogP contribution in [-0.4, -0.2) is 47.7 Å². The van der Waals surface area contributed by atoms with Gasteiger partial charge in [0, 0.05) is 17.1 Å². The monoisotopic (exact) mass is 441 g/mol. The first-order valence-electron chi connectivity index (χ1n) is 9.05. The predicted molar refractivity (Wildman–Crippen MR) is 115 cm³/mol. The van der Waals surface area contributed by atoms with Gasteiger partial charge in [-0.05, 0) is 62.0 Å². The first-order valence-corrected chi connectivity index (χ1v) is 9.46. The molecule has 9 nitrogen and oxygen atoms in total. The number of hydrogen-bond donors (Lipinski definition) is 2. The number of benzene rings is 1. The minimum Gasteiger partial charge on any atom is -0.465 e. The summed E-state index contributed by atoms with van der Waals surface area (Å²) in [7, 11) is 2.49. The Morgan fingerprint density at radius 3 is 1.94 bits per heavy atom. The fraction of sp³-hybridized carbons (Fsp3) is 0.190. The molecule has 0 spiro atoms. The summed E-state index contributed by atoms with van der Waals surface area (Å²) < 4.78 is 11.4. The molecule has 31 heavy (non-hydrogen) atoms. The molecule has 2 heterocycles. The van der Waals surface area contributed by atoms with E-state index in [9.17, 15) is 19.2 Å². The molecular weight excluding hydrogens is 422 g/mol. The van der Waals surface area contributed by atoms with Crippen LogP contribution in [0.25, 0.3) is 11.8 Å². The molecule has 10 heteroatoms. The van der Waals surface area contributed by atoms with Gasteiger partial charge < -0.3 is 14.0 Å². The van der Waals surface area contributed by atoms with Gasteiger partial charge in [-0.25, -0.2) is 9.59 Å². The number of carbonyl (C=O) groups is 4. The molecule has 0 saturated carbocycles. The van der Waals surface area contributed by atoms with Crippen molar-refractivity contribution in [3.8, 4) is 5.69 Å². The van der Waals surface area contributed by atoms with Crippen LogP contribution < -0.4 is 10.6 Å². The third kappa shape index (κ3) is 4.24. The minimum absolute atomic E-state index is 0.0485. The number of amides is 2. The topological polar surface area (TPSA) is 116 Å². The largest absolute Gasteiger partial charge is 0.465 e. The Labute approximate surface area is 183 Å². The molecular formula is C21H19N3O6S. The summed E-state index contributed by atoms with van der Waals surface area (Å²) in [6, 6.07) is 6.32. The van der Waals surface area contributed by atoms with E-state index in [1.807, 2.05) is 6.92 Å². The van der Waals surface area contributed by atoms with E-state index in [1.54, 1.807) is 29.7 Å². The number of nitrogens with zero attached hydrogens (tertiary/aromatic N) is 1. The number of esters is 2. The van der Waals surface area contributed by atoms with Gasteiger partial charge >= 0.3 is 11.9 Å². The van der Waals surface area contributed by atoms with Crippen LogP contribution in [-0.2, 0) is 19.1 Å². The second-order valence-corrected chi connectivity index (χ2v) is 7.12. The third-order valence-electron chi connectivity index (χ3n) is 4.73. The van der Waals surface area contributed by atoms with Gasteiger partial charge in [-0.2, -0.15) is 0 Å². The van der Waals surface area contributed by atoms with Crippen LogP contribution in [0.5, 0.6) is 0 Å². The molecule has 2 N–H and O–H groups in total. The Kier molecular flexibility index (Phi) is 6.02. The van der Waals surface area contributed by atoms with E-state index in [1.165, 1.54) is 26.4 Å². The Hall–Kier alpha value is -3.79. The molecule has 1 aromatic heterocycles. The van der Waals surface area contributed by atoms with Crippen LogP contribution in [0.2, 0.25) is 0 Å². The van der Waals surface area contributed by atoms with Crippen molar-refractivity contribution in [2.45, 2.75) is 13.8 Å². The predicted octanol–water partition coefficient (Wildman–Crippen LogP) is 1.58. The summed E-state index contributed by atoms with van der Waals surface area (Å²) >= 11 is 4.81. The standard InChI is InChI=1S/C21H19N3O6S/c1-10-5-12(9-16-17(25)22-21(31)23-18(16)26)11(2)24(10)15-7-13(19(27)29-3)6-14(8-15)20(28)30-4/h5-9H,1-4H3,(H2,22,23,25,26,31). The molecule has 1 aliphatic heterocycles. The quantitative estimate of drug-likeness (QED) is 0.320. The zero-order chi connectivity index (χ0) is 22.9. The maximum absolute atomic E-state index is 12.2. The van der Waals surface area contributed by atoms with Crippen LogP contribution in [0, 0.1) is 13.8 Å². The van der Waals surface area contributed by atoms with Crippen LogP contribution in [0.3, 0.4) is 0 Å². The van der Waals surface area contributed by atoms with Crippen molar-refractivity contribution in [1.29, 1.82) is 0 Å². The Bertz CT molecular complexity index is 1120. The summed E-state index contributed by atoms with van der Waals surface area (Å²) in [5.74, 6) is -2.41. The molecule has 0 atom stereocenters. The van der Waals surface area contributed by atoms with Crippen molar-refractivity contribution in [2.75, 3.05) is 14.2 Å². The molecule has 0 bridgehead atoms. The van der Waals surface area contributed by atoms with Gasteiger partial charge in [0.25, 0.3) is 11.8 Å². The van der Waals surface area contributed by atoms with Crippen molar-refractivity contribution < 1.29 is 28.7 Å². The highest BCUT2D eigenvalue weighted by atomic mass is 32.1. The average Bonchev–Trinajstić information content (AvgIpc) is 3.01. The lowest BCUT2D eigenvalue weighted by Crippen LogP contribution is -2.51. The van der Waals surface area contributed by atoms with Crippen LogP contribution in [0.4, 0.5) is 0 Å². The first kappa shape index (κ1) is 21.9. The molecule has 3 rings (SSSR count). The van der Waals surface area contributed by atoms with Gasteiger partial charge in [-0.15, -0.1) is 0 Å². The van der Waals surface area contributed by atoms with E-state index in [0.717, 1.165) is 5.69 Å². The molecule has 1 saturated heterocycles. The van der Waals surface area contributed by atoms with Crippen molar-refractivity contribution in [2.24, 2.45) is 0 Å². The number of ether oxygens (including phenoxy) is 2. The summed E-state index contributed by atoms with van der Waals surface area (Å²) in [6.07, 6.45) is 1.46. The molecule has 2 aromatic rings. The van der Waals surface area contributed by atoms with Gasteiger partial charge in [0.1, 0.15) is 5.57 Å². The second-order valence-electron chi connectivity index (χ2n) is 6.71. The number of aryl methyl sites for hydroxylation is 1. The molecule has 0 unspecified atom stereocenters. The lowest BCUT2D eigenvalue weighted by Gasteiger charge is -2.16. The van der Waals surface area contributed by atoms with Crippen LogP contribution in [0.15, 0.2) is 29.8 Å². The number of methoxy groups -OCH3 is 2. The molecule has 0 aliphatic carbocycles. The zero-order valence-corrected chi connectivity index (χ0v) is 18.0. The van der Waals surface area contributed by atoms with E-state index in [2.05, 4.69) is 10.6 Å². The summed E-state index contributed by atoms with van der Waals surface area (Å²) in [5, 5.41) is 4.73. The normalized spacial score (nSPS) is 13.4. The second kappa shape index (κ2) is 8.52. The summed E-state index contributed by atoms with van der Waals surface area (Å²) in [5.41, 5.74) is 2.80. The van der Waals surface area contributed by atoms with E-state index < -0.39 is 23.8 Å². The third-order valence-corrected chi connectivity index (χ3v) is 4.94. The molecule has 160 valence electrons. The summed E-state index contributed by atoms with van der Waals surface area (Å²) in [6.45, 7) is 3.60. The lowest BCUT2D eigenvalue weighted by atomic mass is 10.1. The van der Waals surface area contributed by atoms with Crippen LogP contribution >= 0.6 is 12.2 Å². The fourth-order valence-corrected chi connectivity index (χ4v) is 3.49. The Balaban J connectivity index is 2.14. The van der Waals surface area contributed by atoms with Gasteiger partial charge in [0.05, 0.1) is 25.3 Å². The highest BCUT2D eigenvalue weighted by Crippen LogP contribution is 2.25. The zero-order valence-electron chi connectivity index (χ0n) is 17.2. The highest BCUT2D eigenvalue weighted by Gasteiger charge is 2.26. The number of carbonyl (C=O) groups excluding carboxylic acids is 4. The van der Waals surface area contributed by atoms with Crippen molar-refractivity contribution in [1.82, 2.24) is 15.2 Å². The fourth-order valence-electron chi connectivity index (χ4n) is 3.30. The van der Waals surface area contributed by atoms with Gasteiger partial charge in [-0.1, -0.05) is 0 Å². The SMILES string of the molecule is COC(=O)c1cc(C(=O)OC)cc(-n2c(C)cc(C=C3C(=O)NC(=S)NC3=O)c2C)c1. The van der Waals surface area contributed by atoms with E-state index in [-0.39, 0.29) is 21.8 Å². The number of aromatic nitrogens is 1. The van der Waals surface area contributed by atoms with Crippen LogP contribution in [0.1, 0.15) is 37.7 Å². The number of nitrogens with one attached hydrogen (secondary N) is 2. The maximum Gasteiger partial charge on any atom is 0.337 e. The van der Waals surface area contributed by atoms with Crippen molar-refractivity contribution >= 4 is 47.2 Å². The molecule has 1 aliphatic rings. The molecule has 1 aromatic carbocycles. The maximum atomic E-state index is 12.2. The number of thiocarbonyl (C=S) groups is 1. The number of hydrogen-bond acceptors (Lipinski definition) is 7. The van der Waals surface area contributed by atoms with E-state index in [4.69, 9.17) is 21.7 Å². The minimum atomic E-state index is -0.608. The number of rotatable bonds is 4. The van der Waals surface area contributed by atoms with Gasteiger partial charge in [0.2, 0.25) is 0 Å². The average molecular weight is 441 g/mol.